The van der Waals surface area contributed by atoms with Crippen LogP contribution in [-0.4, -0.2) is 49.5 Å². The molecular weight excluding hydrogens is 368 g/mol. The highest BCUT2D eigenvalue weighted by Gasteiger charge is 2.21. The third-order valence-corrected chi connectivity index (χ3v) is 4.69. The van der Waals surface area contributed by atoms with E-state index in [0.29, 0.717) is 18.4 Å². The molecule has 0 spiro atoms. The summed E-state index contributed by atoms with van der Waals surface area (Å²) < 4.78 is 29.1. The zero-order valence-corrected chi connectivity index (χ0v) is 16.4. The van der Waals surface area contributed by atoms with E-state index in [1.54, 1.807) is 6.07 Å². The van der Waals surface area contributed by atoms with E-state index in [0.717, 1.165) is 32.5 Å². The highest BCUT2D eigenvalue weighted by atomic mass is 19.3. The first-order chi connectivity index (χ1) is 13.3. The van der Waals surface area contributed by atoms with Gasteiger partial charge in [-0.25, -0.2) is 0 Å². The molecule has 156 valence electrons. The number of alkyl halides is 2. The normalized spacial score (nSPS) is 20.0. The summed E-state index contributed by atoms with van der Waals surface area (Å²) in [5.74, 6) is -0.479. The first kappa shape index (κ1) is 22.1. The summed E-state index contributed by atoms with van der Waals surface area (Å²) >= 11 is 0. The molecule has 2 N–H and O–H groups in total. The number of halogens is 2. The summed E-state index contributed by atoms with van der Waals surface area (Å²) in [5, 5.41) is 4.86. The molecule has 0 saturated carbocycles. The lowest BCUT2D eigenvalue weighted by atomic mass is 9.92. The van der Waals surface area contributed by atoms with Crippen molar-refractivity contribution in [3.63, 3.8) is 0 Å². The van der Waals surface area contributed by atoms with Gasteiger partial charge in [-0.05, 0) is 49.8 Å². The van der Waals surface area contributed by atoms with Gasteiger partial charge in [0.2, 0.25) is 0 Å². The Balaban J connectivity index is 1.68. The van der Waals surface area contributed by atoms with Crippen LogP contribution in [0.4, 0.5) is 14.5 Å². The highest BCUT2D eigenvalue weighted by Crippen LogP contribution is 2.25. The number of hydrogen-bond acceptors (Lipinski definition) is 4. The molecule has 6 nitrogen and oxygen atoms in total. The van der Waals surface area contributed by atoms with Gasteiger partial charge in [-0.1, -0.05) is 26.0 Å². The number of carbonyl (C=O) groups excluding carboxylic acids is 2. The van der Waals surface area contributed by atoms with Crippen LogP contribution in [0.1, 0.15) is 33.1 Å². The number of nitrogens with zero attached hydrogens (tertiary/aromatic N) is 1. The SMILES string of the molecule is C[C@@H]1C[C@H](C)CN(CCCCNC(=O)C(=O)Nc2ccccc2OC(F)F)C1. The predicted molar refractivity (Wildman–Crippen MR) is 103 cm³/mol. The topological polar surface area (TPSA) is 70.7 Å². The van der Waals surface area contributed by atoms with Crippen molar-refractivity contribution < 1.29 is 23.1 Å². The van der Waals surface area contributed by atoms with Gasteiger partial charge in [0.25, 0.3) is 0 Å². The molecule has 1 aliphatic heterocycles. The molecule has 1 fully saturated rings. The zero-order chi connectivity index (χ0) is 20.5. The number of unbranched alkanes of at least 4 members (excludes halogenated alkanes) is 1. The van der Waals surface area contributed by atoms with Crippen LogP contribution >= 0.6 is 0 Å². The first-order valence-corrected chi connectivity index (χ1v) is 9.70. The molecule has 1 aromatic carbocycles. The lowest BCUT2D eigenvalue weighted by Crippen LogP contribution is -2.39. The Morgan fingerprint density at radius 1 is 1.14 bits per heavy atom. The van der Waals surface area contributed by atoms with Crippen molar-refractivity contribution in [2.24, 2.45) is 11.8 Å². The number of nitrogens with one attached hydrogen (secondary N) is 2. The molecule has 0 radical (unpaired) electrons. The monoisotopic (exact) mass is 397 g/mol. The molecule has 0 unspecified atom stereocenters. The third kappa shape index (κ3) is 7.42. The first-order valence-electron chi connectivity index (χ1n) is 9.70. The van der Waals surface area contributed by atoms with Crippen molar-refractivity contribution in [1.29, 1.82) is 0 Å². The summed E-state index contributed by atoms with van der Waals surface area (Å²) in [6.07, 6.45) is 2.98. The number of anilines is 1. The predicted octanol–water partition coefficient (Wildman–Crippen LogP) is 3.10. The number of rotatable bonds is 8. The van der Waals surface area contributed by atoms with Gasteiger partial charge in [-0.3, -0.25) is 9.59 Å². The number of amides is 2. The Bertz CT molecular complexity index is 647. The second kappa shape index (κ2) is 10.9. The summed E-state index contributed by atoms with van der Waals surface area (Å²) in [5.41, 5.74) is 0.0243. The maximum atomic E-state index is 12.4. The minimum Gasteiger partial charge on any atom is -0.433 e. The molecule has 8 heteroatoms. The molecule has 28 heavy (non-hydrogen) atoms. The molecule has 2 atom stereocenters. The second-order valence-corrected chi connectivity index (χ2v) is 7.50. The van der Waals surface area contributed by atoms with Gasteiger partial charge in [0.05, 0.1) is 5.69 Å². The van der Waals surface area contributed by atoms with E-state index < -0.39 is 18.4 Å². The summed E-state index contributed by atoms with van der Waals surface area (Å²) in [4.78, 5) is 26.3. The second-order valence-electron chi connectivity index (χ2n) is 7.50. The van der Waals surface area contributed by atoms with E-state index in [1.165, 1.54) is 24.6 Å². The van der Waals surface area contributed by atoms with Crippen molar-refractivity contribution in [2.45, 2.75) is 39.7 Å². The van der Waals surface area contributed by atoms with Gasteiger partial charge in [-0.2, -0.15) is 8.78 Å². The van der Waals surface area contributed by atoms with E-state index in [9.17, 15) is 18.4 Å². The van der Waals surface area contributed by atoms with Crippen LogP contribution in [0.5, 0.6) is 5.75 Å². The Morgan fingerprint density at radius 2 is 1.82 bits per heavy atom. The quantitative estimate of drug-likeness (QED) is 0.522. The van der Waals surface area contributed by atoms with Crippen molar-refractivity contribution in [2.75, 3.05) is 31.5 Å². The van der Waals surface area contributed by atoms with E-state index in [4.69, 9.17) is 0 Å². The average Bonchev–Trinajstić information content (AvgIpc) is 2.61. The molecule has 1 aromatic rings. The molecule has 1 saturated heterocycles. The summed E-state index contributed by atoms with van der Waals surface area (Å²) in [6, 6.07) is 5.73. The van der Waals surface area contributed by atoms with Gasteiger partial charge in [0.15, 0.2) is 0 Å². The molecule has 0 aromatic heterocycles. The fourth-order valence-electron chi connectivity index (χ4n) is 3.66. The molecular formula is C20H29F2N3O3. The summed E-state index contributed by atoms with van der Waals surface area (Å²) in [6.45, 7) is 5.11. The van der Waals surface area contributed by atoms with Crippen molar-refractivity contribution in [1.82, 2.24) is 10.2 Å². The smallest absolute Gasteiger partial charge is 0.387 e. The molecule has 1 aliphatic rings. The average molecular weight is 397 g/mol. The lowest BCUT2D eigenvalue weighted by Gasteiger charge is -2.34. The molecule has 2 amide bonds. The fraction of sp³-hybridized carbons (Fsp3) is 0.600. The van der Waals surface area contributed by atoms with Crippen molar-refractivity contribution >= 4 is 17.5 Å². The number of para-hydroxylation sites is 2. The Kier molecular flexibility index (Phi) is 8.63. The minimum absolute atomic E-state index is 0.0243. The van der Waals surface area contributed by atoms with Gasteiger partial charge in [0.1, 0.15) is 5.75 Å². The maximum Gasteiger partial charge on any atom is 0.387 e. The van der Waals surface area contributed by atoms with Crippen LogP contribution in [-0.2, 0) is 9.59 Å². The standard InChI is InChI=1S/C20H29F2N3O3/c1-14-11-15(2)13-25(12-14)10-6-5-9-23-18(26)19(27)24-16-7-3-4-8-17(16)28-20(21)22/h3-4,7-8,14-15,20H,5-6,9-13H2,1-2H3,(H,23,26)(H,24,27)/t14-,15+. The highest BCUT2D eigenvalue weighted by molar-refractivity contribution is 6.39. The number of hydrogen-bond donors (Lipinski definition) is 2. The van der Waals surface area contributed by atoms with Crippen LogP contribution < -0.4 is 15.4 Å². The molecule has 0 aliphatic carbocycles. The third-order valence-electron chi connectivity index (χ3n) is 4.69. The lowest BCUT2D eigenvalue weighted by molar-refractivity contribution is -0.136. The number of ether oxygens (including phenoxy) is 1. The van der Waals surface area contributed by atoms with Gasteiger partial charge in [0, 0.05) is 19.6 Å². The molecule has 1 heterocycles. The Hall–Kier alpha value is -2.22. The maximum absolute atomic E-state index is 12.4. The number of likely N-dealkylation sites (tertiary alicyclic amines) is 1. The largest absolute Gasteiger partial charge is 0.433 e. The van der Waals surface area contributed by atoms with Crippen LogP contribution in [0.3, 0.4) is 0 Å². The van der Waals surface area contributed by atoms with E-state index in [1.807, 2.05) is 0 Å². The van der Waals surface area contributed by atoms with E-state index in [2.05, 4.69) is 34.1 Å². The molecule has 2 rings (SSSR count). The summed E-state index contributed by atoms with van der Waals surface area (Å²) in [7, 11) is 0. The zero-order valence-electron chi connectivity index (χ0n) is 16.4. The molecule has 0 bridgehead atoms. The fourth-order valence-corrected chi connectivity index (χ4v) is 3.66. The van der Waals surface area contributed by atoms with Crippen LogP contribution in [0.25, 0.3) is 0 Å². The van der Waals surface area contributed by atoms with Crippen molar-refractivity contribution in [3.05, 3.63) is 24.3 Å². The minimum atomic E-state index is -3.02. The number of piperidine rings is 1. The van der Waals surface area contributed by atoms with Gasteiger partial charge < -0.3 is 20.3 Å². The Labute approximate surface area is 164 Å². The van der Waals surface area contributed by atoms with Gasteiger partial charge >= 0.3 is 18.4 Å². The van der Waals surface area contributed by atoms with Gasteiger partial charge in [-0.15, -0.1) is 0 Å². The van der Waals surface area contributed by atoms with Crippen LogP contribution in [0.2, 0.25) is 0 Å². The Morgan fingerprint density at radius 3 is 2.50 bits per heavy atom. The van der Waals surface area contributed by atoms with Crippen molar-refractivity contribution in [3.8, 4) is 5.75 Å². The van der Waals surface area contributed by atoms with Crippen LogP contribution in [0, 0.1) is 11.8 Å². The number of benzene rings is 1. The number of carbonyl (C=O) groups is 2. The van der Waals surface area contributed by atoms with Crippen LogP contribution in [0.15, 0.2) is 24.3 Å². The van der Waals surface area contributed by atoms with E-state index >= 15 is 0 Å². The van der Waals surface area contributed by atoms with E-state index in [-0.39, 0.29) is 11.4 Å².